The minimum Gasteiger partial charge on any atom is -0.489 e. The van der Waals surface area contributed by atoms with Gasteiger partial charge in [-0.25, -0.2) is 0 Å². The molecule has 1 amide bonds. The number of hydrogen-bond acceptors (Lipinski definition) is 3. The molecule has 1 heterocycles. The predicted molar refractivity (Wildman–Crippen MR) is 129 cm³/mol. The topological polar surface area (TPSA) is 32.8 Å². The Bertz CT molecular complexity index is 1130. The van der Waals surface area contributed by atoms with Gasteiger partial charge in [0.05, 0.1) is 0 Å². The molecule has 4 nitrogen and oxygen atoms in total. The Morgan fingerprint density at radius 3 is 2.28 bits per heavy atom. The Labute approximate surface area is 189 Å². The summed E-state index contributed by atoms with van der Waals surface area (Å²) >= 11 is 0. The fourth-order valence-corrected chi connectivity index (χ4v) is 4.61. The summed E-state index contributed by atoms with van der Waals surface area (Å²) in [5, 5.41) is 0. The predicted octanol–water partition coefficient (Wildman–Crippen LogP) is 4.94. The number of carbonyl (C=O) groups excluding carboxylic acids is 1. The number of nitrogens with zero attached hydrogens (tertiary/aromatic N) is 2. The summed E-state index contributed by atoms with van der Waals surface area (Å²) < 4.78 is 6.01. The summed E-state index contributed by atoms with van der Waals surface area (Å²) in [7, 11) is 0. The molecular weight excluding hydrogens is 396 g/mol. The van der Waals surface area contributed by atoms with Crippen molar-refractivity contribution in [1.29, 1.82) is 0 Å². The van der Waals surface area contributed by atoms with Crippen LogP contribution in [0, 0.1) is 0 Å². The molecule has 4 heteroatoms. The summed E-state index contributed by atoms with van der Waals surface area (Å²) in [6, 6.07) is 26.8. The van der Waals surface area contributed by atoms with Gasteiger partial charge >= 0.3 is 0 Å². The fourth-order valence-electron chi connectivity index (χ4n) is 4.61. The molecule has 0 radical (unpaired) electrons. The molecule has 1 aliphatic heterocycles. The maximum absolute atomic E-state index is 13.3. The largest absolute Gasteiger partial charge is 0.489 e. The molecule has 162 valence electrons. The van der Waals surface area contributed by atoms with Gasteiger partial charge < -0.3 is 14.5 Å². The first-order chi connectivity index (χ1) is 15.7. The maximum atomic E-state index is 13.3. The number of anilines is 1. The highest BCUT2D eigenvalue weighted by molar-refractivity contribution is 6.04. The SMILES string of the molecule is CC1=C(C(=O)N2CCN(c3ccccc3)CC2)Cc2ccc(OCc3ccccc3)cc21. The average molecular weight is 425 g/mol. The lowest BCUT2D eigenvalue weighted by Crippen LogP contribution is -2.49. The van der Waals surface area contributed by atoms with E-state index < -0.39 is 0 Å². The zero-order chi connectivity index (χ0) is 21.9. The van der Waals surface area contributed by atoms with Crippen LogP contribution in [0.5, 0.6) is 5.75 Å². The van der Waals surface area contributed by atoms with Crippen LogP contribution in [0.25, 0.3) is 5.57 Å². The van der Waals surface area contributed by atoms with Gasteiger partial charge in [-0.15, -0.1) is 0 Å². The van der Waals surface area contributed by atoms with Gasteiger partial charge in [-0.1, -0.05) is 54.6 Å². The number of carbonyl (C=O) groups is 1. The number of para-hydroxylation sites is 1. The van der Waals surface area contributed by atoms with E-state index in [1.54, 1.807) is 0 Å². The quantitative estimate of drug-likeness (QED) is 0.581. The van der Waals surface area contributed by atoms with Gasteiger partial charge in [0.15, 0.2) is 0 Å². The van der Waals surface area contributed by atoms with E-state index in [-0.39, 0.29) is 5.91 Å². The third-order valence-electron chi connectivity index (χ3n) is 6.50. The van der Waals surface area contributed by atoms with Crippen molar-refractivity contribution in [3.63, 3.8) is 0 Å². The van der Waals surface area contributed by atoms with Gasteiger partial charge in [0.2, 0.25) is 0 Å². The zero-order valence-electron chi connectivity index (χ0n) is 18.5. The summed E-state index contributed by atoms with van der Waals surface area (Å²) in [5.74, 6) is 1.02. The van der Waals surface area contributed by atoms with E-state index in [2.05, 4.69) is 60.4 Å². The summed E-state index contributed by atoms with van der Waals surface area (Å²) in [6.45, 7) is 5.86. The number of piperazine rings is 1. The number of fused-ring (bicyclic) bond motifs is 1. The first-order valence-electron chi connectivity index (χ1n) is 11.3. The molecule has 0 spiro atoms. The number of allylic oxidation sites excluding steroid dienone is 1. The van der Waals surface area contributed by atoms with Crippen molar-refractivity contribution in [2.45, 2.75) is 20.0 Å². The second-order valence-electron chi connectivity index (χ2n) is 8.49. The van der Waals surface area contributed by atoms with E-state index in [9.17, 15) is 4.79 Å². The third-order valence-corrected chi connectivity index (χ3v) is 6.50. The van der Waals surface area contributed by atoms with Gasteiger partial charge in [-0.05, 0) is 53.5 Å². The van der Waals surface area contributed by atoms with Crippen LogP contribution in [0.15, 0.2) is 84.4 Å². The lowest BCUT2D eigenvalue weighted by molar-refractivity contribution is -0.127. The summed E-state index contributed by atoms with van der Waals surface area (Å²) in [5.41, 5.74) is 6.73. The van der Waals surface area contributed by atoms with Gasteiger partial charge in [0, 0.05) is 43.9 Å². The van der Waals surface area contributed by atoms with Crippen LogP contribution in [0.1, 0.15) is 23.6 Å². The van der Waals surface area contributed by atoms with E-state index in [0.717, 1.165) is 54.2 Å². The Kier molecular flexibility index (Phi) is 5.68. The Hall–Kier alpha value is -3.53. The zero-order valence-corrected chi connectivity index (χ0v) is 18.5. The normalized spacial score (nSPS) is 15.7. The van der Waals surface area contributed by atoms with Crippen LogP contribution < -0.4 is 9.64 Å². The lowest BCUT2D eigenvalue weighted by atomic mass is 10.1. The van der Waals surface area contributed by atoms with Crippen LogP contribution in [0.3, 0.4) is 0 Å². The van der Waals surface area contributed by atoms with E-state index in [4.69, 9.17) is 4.74 Å². The van der Waals surface area contributed by atoms with E-state index in [0.29, 0.717) is 13.0 Å². The molecule has 5 rings (SSSR count). The molecule has 32 heavy (non-hydrogen) atoms. The lowest BCUT2D eigenvalue weighted by Gasteiger charge is -2.36. The molecule has 0 N–H and O–H groups in total. The second kappa shape index (κ2) is 8.91. The van der Waals surface area contributed by atoms with Crippen molar-refractivity contribution in [3.05, 3.63) is 101 Å². The molecule has 0 saturated carbocycles. The number of benzene rings is 3. The molecule has 0 bridgehead atoms. The van der Waals surface area contributed by atoms with Gasteiger partial charge in [0.1, 0.15) is 12.4 Å². The molecule has 3 aromatic carbocycles. The fraction of sp³-hybridized carbons (Fsp3) is 0.250. The molecule has 1 aliphatic carbocycles. The van der Waals surface area contributed by atoms with Crippen molar-refractivity contribution < 1.29 is 9.53 Å². The Morgan fingerprint density at radius 1 is 0.875 bits per heavy atom. The molecule has 1 saturated heterocycles. The first kappa shape index (κ1) is 20.4. The van der Waals surface area contributed by atoms with Crippen molar-refractivity contribution in [2.24, 2.45) is 0 Å². The average Bonchev–Trinajstić information content (AvgIpc) is 3.19. The van der Waals surface area contributed by atoms with Crippen LogP contribution in [0.4, 0.5) is 5.69 Å². The van der Waals surface area contributed by atoms with Crippen LogP contribution >= 0.6 is 0 Å². The highest BCUT2D eigenvalue weighted by Gasteiger charge is 2.29. The number of hydrogen-bond donors (Lipinski definition) is 0. The number of rotatable bonds is 5. The molecule has 0 aromatic heterocycles. The molecule has 3 aromatic rings. The molecule has 0 atom stereocenters. The molecule has 1 fully saturated rings. The van der Waals surface area contributed by atoms with Crippen LogP contribution in [0.2, 0.25) is 0 Å². The standard InChI is InChI=1S/C28H28N2O2/c1-21-26-19-25(32-20-22-8-4-2-5-9-22)13-12-23(26)18-27(21)28(31)30-16-14-29(15-17-30)24-10-6-3-7-11-24/h2-13,19H,14-18,20H2,1H3. The van der Waals surface area contributed by atoms with Crippen LogP contribution in [-0.4, -0.2) is 37.0 Å². The van der Waals surface area contributed by atoms with Crippen molar-refractivity contribution >= 4 is 17.2 Å². The second-order valence-corrected chi connectivity index (χ2v) is 8.49. The molecule has 2 aliphatic rings. The highest BCUT2D eigenvalue weighted by atomic mass is 16.5. The smallest absolute Gasteiger partial charge is 0.250 e. The number of ether oxygens (including phenoxy) is 1. The van der Waals surface area contributed by atoms with Crippen molar-refractivity contribution in [1.82, 2.24) is 4.90 Å². The van der Waals surface area contributed by atoms with Crippen LogP contribution in [-0.2, 0) is 17.8 Å². The Morgan fingerprint density at radius 2 is 1.56 bits per heavy atom. The highest BCUT2D eigenvalue weighted by Crippen LogP contribution is 2.36. The van der Waals surface area contributed by atoms with Crippen molar-refractivity contribution in [3.8, 4) is 5.75 Å². The van der Waals surface area contributed by atoms with Gasteiger partial charge in [-0.2, -0.15) is 0 Å². The third kappa shape index (κ3) is 4.13. The summed E-state index contributed by atoms with van der Waals surface area (Å²) in [4.78, 5) is 17.7. The van der Waals surface area contributed by atoms with Crippen molar-refractivity contribution in [2.75, 3.05) is 31.1 Å². The van der Waals surface area contributed by atoms with E-state index in [1.807, 2.05) is 35.2 Å². The maximum Gasteiger partial charge on any atom is 0.250 e. The minimum atomic E-state index is 0.179. The minimum absolute atomic E-state index is 0.179. The number of amides is 1. The van der Waals surface area contributed by atoms with E-state index >= 15 is 0 Å². The molecule has 0 unspecified atom stereocenters. The van der Waals surface area contributed by atoms with Gasteiger partial charge in [-0.3, -0.25) is 4.79 Å². The molecular formula is C28H28N2O2. The van der Waals surface area contributed by atoms with E-state index in [1.165, 1.54) is 11.3 Å². The first-order valence-corrected chi connectivity index (χ1v) is 11.3. The summed E-state index contributed by atoms with van der Waals surface area (Å²) in [6.07, 6.45) is 0.706. The Balaban J connectivity index is 1.25. The van der Waals surface area contributed by atoms with Gasteiger partial charge in [0.25, 0.3) is 5.91 Å². The monoisotopic (exact) mass is 424 g/mol.